The lowest BCUT2D eigenvalue weighted by atomic mass is 10.0. The summed E-state index contributed by atoms with van der Waals surface area (Å²) in [6.07, 6.45) is 4.79. The van der Waals surface area contributed by atoms with Gasteiger partial charge < -0.3 is 10.6 Å². The number of hydrogen-bond acceptors (Lipinski definition) is 4. The summed E-state index contributed by atoms with van der Waals surface area (Å²) in [4.78, 5) is 29.2. The molecule has 1 unspecified atom stereocenters. The lowest BCUT2D eigenvalue weighted by Crippen LogP contribution is -2.47. The molecule has 3 rings (SSSR count). The van der Waals surface area contributed by atoms with Gasteiger partial charge in [0.05, 0.1) is 11.9 Å². The minimum atomic E-state index is -1.01. The number of nitrogens with one attached hydrogen (secondary N) is 2. The van der Waals surface area contributed by atoms with Gasteiger partial charge in [0.1, 0.15) is 23.2 Å². The molecule has 7 nitrogen and oxygen atoms in total. The molecule has 2 amide bonds. The molecule has 0 aliphatic heterocycles. The van der Waals surface area contributed by atoms with Crippen molar-refractivity contribution < 1.29 is 18.4 Å². The number of pyridine rings is 1. The SMILES string of the molecule is CC(C)C(NC(=O)c1c(F)cccc1F)C(=O)Nc1ccc(-n2cccn2)nc1. The maximum Gasteiger partial charge on any atom is 0.257 e. The molecule has 0 bridgehead atoms. The first-order chi connectivity index (χ1) is 13.9. The molecule has 0 saturated carbocycles. The van der Waals surface area contributed by atoms with Crippen LogP contribution in [0.2, 0.25) is 0 Å². The van der Waals surface area contributed by atoms with Gasteiger partial charge in [-0.3, -0.25) is 9.59 Å². The van der Waals surface area contributed by atoms with E-state index in [0.717, 1.165) is 18.2 Å². The van der Waals surface area contributed by atoms with E-state index in [-0.39, 0.29) is 5.92 Å². The van der Waals surface area contributed by atoms with Crippen LogP contribution >= 0.6 is 0 Å². The summed E-state index contributed by atoms with van der Waals surface area (Å²) in [5, 5.41) is 9.11. The molecule has 9 heteroatoms. The van der Waals surface area contributed by atoms with Crippen LogP contribution in [-0.2, 0) is 4.79 Å². The van der Waals surface area contributed by atoms with Gasteiger partial charge in [-0.2, -0.15) is 5.10 Å². The molecule has 150 valence electrons. The zero-order valence-corrected chi connectivity index (χ0v) is 15.8. The Morgan fingerprint density at radius 2 is 1.79 bits per heavy atom. The number of benzene rings is 1. The molecular formula is C20H19F2N5O2. The summed E-state index contributed by atoms with van der Waals surface area (Å²) in [7, 11) is 0. The number of anilines is 1. The molecular weight excluding hydrogens is 380 g/mol. The smallest absolute Gasteiger partial charge is 0.257 e. The number of halogens is 2. The summed E-state index contributed by atoms with van der Waals surface area (Å²) in [5.74, 6) is -3.28. The van der Waals surface area contributed by atoms with Crippen molar-refractivity contribution in [2.24, 2.45) is 5.92 Å². The van der Waals surface area contributed by atoms with Crippen molar-refractivity contribution in [3.05, 3.63) is 72.2 Å². The average molecular weight is 399 g/mol. The van der Waals surface area contributed by atoms with E-state index >= 15 is 0 Å². The normalized spacial score (nSPS) is 11.9. The largest absolute Gasteiger partial charge is 0.340 e. The Morgan fingerprint density at radius 3 is 2.34 bits per heavy atom. The van der Waals surface area contributed by atoms with Crippen LogP contribution in [0.15, 0.2) is 55.0 Å². The van der Waals surface area contributed by atoms with Crippen molar-refractivity contribution in [2.75, 3.05) is 5.32 Å². The fraction of sp³-hybridized carbons (Fsp3) is 0.200. The fourth-order valence-corrected chi connectivity index (χ4v) is 2.68. The number of amides is 2. The van der Waals surface area contributed by atoms with Gasteiger partial charge in [-0.1, -0.05) is 19.9 Å². The summed E-state index contributed by atoms with van der Waals surface area (Å²) in [5.41, 5.74) is -0.320. The Morgan fingerprint density at radius 1 is 1.07 bits per heavy atom. The Hall–Kier alpha value is -3.62. The van der Waals surface area contributed by atoms with Crippen LogP contribution in [0.1, 0.15) is 24.2 Å². The first-order valence-corrected chi connectivity index (χ1v) is 8.88. The molecule has 0 aliphatic rings. The predicted molar refractivity (Wildman–Crippen MR) is 102 cm³/mol. The van der Waals surface area contributed by atoms with E-state index in [1.165, 1.54) is 6.20 Å². The van der Waals surface area contributed by atoms with Crippen LogP contribution in [0.25, 0.3) is 5.82 Å². The van der Waals surface area contributed by atoms with E-state index < -0.39 is 35.1 Å². The van der Waals surface area contributed by atoms with Gasteiger partial charge >= 0.3 is 0 Å². The zero-order chi connectivity index (χ0) is 21.0. The van der Waals surface area contributed by atoms with Crippen LogP contribution in [-0.4, -0.2) is 32.6 Å². The molecule has 29 heavy (non-hydrogen) atoms. The number of nitrogens with zero attached hydrogens (tertiary/aromatic N) is 3. The van der Waals surface area contributed by atoms with Gasteiger partial charge in [-0.25, -0.2) is 18.4 Å². The van der Waals surface area contributed by atoms with Crippen molar-refractivity contribution in [1.29, 1.82) is 0 Å². The predicted octanol–water partition coefficient (Wildman–Crippen LogP) is 2.94. The first kappa shape index (κ1) is 20.1. The maximum absolute atomic E-state index is 13.8. The highest BCUT2D eigenvalue weighted by molar-refractivity contribution is 6.01. The highest BCUT2D eigenvalue weighted by Gasteiger charge is 2.27. The van der Waals surface area contributed by atoms with Crippen LogP contribution in [0.5, 0.6) is 0 Å². The van der Waals surface area contributed by atoms with Crippen LogP contribution in [0.4, 0.5) is 14.5 Å². The Kier molecular flexibility index (Phi) is 5.96. The Balaban J connectivity index is 1.72. The highest BCUT2D eigenvalue weighted by atomic mass is 19.1. The molecule has 2 aromatic heterocycles. The minimum Gasteiger partial charge on any atom is -0.340 e. The molecule has 1 atom stereocenters. The topological polar surface area (TPSA) is 88.9 Å². The highest BCUT2D eigenvalue weighted by Crippen LogP contribution is 2.15. The molecule has 0 radical (unpaired) electrons. The number of aromatic nitrogens is 3. The average Bonchev–Trinajstić information content (AvgIpc) is 3.21. The fourth-order valence-electron chi connectivity index (χ4n) is 2.68. The number of carbonyl (C=O) groups excluding carboxylic acids is 2. The van der Waals surface area contributed by atoms with E-state index in [2.05, 4.69) is 20.7 Å². The molecule has 0 spiro atoms. The molecule has 3 aromatic rings. The number of rotatable bonds is 6. The van der Waals surface area contributed by atoms with Gasteiger partial charge in [0.15, 0.2) is 5.82 Å². The van der Waals surface area contributed by atoms with E-state index in [1.807, 2.05) is 0 Å². The third-order valence-corrected chi connectivity index (χ3v) is 4.18. The van der Waals surface area contributed by atoms with E-state index in [0.29, 0.717) is 11.5 Å². The summed E-state index contributed by atoms with van der Waals surface area (Å²) in [6.45, 7) is 3.42. The third kappa shape index (κ3) is 4.63. The minimum absolute atomic E-state index is 0.329. The van der Waals surface area contributed by atoms with Crippen molar-refractivity contribution >= 4 is 17.5 Å². The van der Waals surface area contributed by atoms with Gasteiger partial charge in [-0.05, 0) is 36.2 Å². The van der Waals surface area contributed by atoms with Crippen LogP contribution in [0.3, 0.4) is 0 Å². The Labute approximate surface area is 165 Å². The van der Waals surface area contributed by atoms with Gasteiger partial charge in [0.25, 0.3) is 5.91 Å². The lowest BCUT2D eigenvalue weighted by molar-refractivity contribution is -0.118. The van der Waals surface area contributed by atoms with Crippen LogP contribution < -0.4 is 10.6 Å². The summed E-state index contributed by atoms with van der Waals surface area (Å²) in [6, 6.07) is 7.18. The van der Waals surface area contributed by atoms with E-state index in [4.69, 9.17) is 0 Å². The van der Waals surface area contributed by atoms with Crippen molar-refractivity contribution in [2.45, 2.75) is 19.9 Å². The van der Waals surface area contributed by atoms with Gasteiger partial charge in [0.2, 0.25) is 5.91 Å². The first-order valence-electron chi connectivity index (χ1n) is 8.88. The quantitative estimate of drug-likeness (QED) is 0.667. The molecule has 2 N–H and O–H groups in total. The van der Waals surface area contributed by atoms with E-state index in [1.54, 1.807) is 49.1 Å². The van der Waals surface area contributed by atoms with Crippen molar-refractivity contribution in [1.82, 2.24) is 20.1 Å². The van der Waals surface area contributed by atoms with E-state index in [9.17, 15) is 18.4 Å². The van der Waals surface area contributed by atoms with Crippen molar-refractivity contribution in [3.63, 3.8) is 0 Å². The van der Waals surface area contributed by atoms with Gasteiger partial charge in [0, 0.05) is 12.4 Å². The summed E-state index contributed by atoms with van der Waals surface area (Å²) < 4.78 is 29.2. The van der Waals surface area contributed by atoms with Gasteiger partial charge in [-0.15, -0.1) is 0 Å². The molecule has 1 aromatic carbocycles. The second-order valence-electron chi connectivity index (χ2n) is 6.64. The second-order valence-corrected chi connectivity index (χ2v) is 6.64. The monoisotopic (exact) mass is 399 g/mol. The molecule has 0 aliphatic carbocycles. The number of hydrogen-bond donors (Lipinski definition) is 2. The Bertz CT molecular complexity index is 984. The summed E-state index contributed by atoms with van der Waals surface area (Å²) >= 11 is 0. The van der Waals surface area contributed by atoms with Crippen LogP contribution in [0, 0.1) is 17.6 Å². The zero-order valence-electron chi connectivity index (χ0n) is 15.8. The molecule has 0 saturated heterocycles. The molecule has 0 fully saturated rings. The maximum atomic E-state index is 13.8. The van der Waals surface area contributed by atoms with Crippen molar-refractivity contribution in [3.8, 4) is 5.82 Å². The molecule has 2 heterocycles. The third-order valence-electron chi connectivity index (χ3n) is 4.18. The lowest BCUT2D eigenvalue weighted by Gasteiger charge is -2.22. The standard InChI is InChI=1S/C20H19F2N5O2/c1-12(2)18(26-19(28)17-14(21)5-3-6-15(17)22)20(29)25-13-7-8-16(23-11-13)27-10-4-9-24-27/h3-12,18H,1-2H3,(H,25,29)(H,26,28). The second kappa shape index (κ2) is 8.59. The number of carbonyl (C=O) groups is 2.